The maximum absolute atomic E-state index is 12.4. The first-order chi connectivity index (χ1) is 15.3. The highest BCUT2D eigenvalue weighted by atomic mass is 16.5. The Bertz CT molecular complexity index is 1140. The van der Waals surface area contributed by atoms with E-state index in [2.05, 4.69) is 10.4 Å². The van der Waals surface area contributed by atoms with Crippen LogP contribution in [0.5, 0.6) is 5.75 Å². The zero-order valence-corrected chi connectivity index (χ0v) is 17.0. The number of hydrogen-bond acceptors (Lipinski definition) is 3. The first-order valence-electron chi connectivity index (χ1n) is 10.1. The minimum Gasteiger partial charge on any atom is -0.489 e. The van der Waals surface area contributed by atoms with Crippen molar-refractivity contribution in [2.45, 2.75) is 13.2 Å². The average molecular weight is 409 g/mol. The fourth-order valence-corrected chi connectivity index (χ4v) is 3.11. The summed E-state index contributed by atoms with van der Waals surface area (Å²) in [5, 5.41) is 7.18. The maximum atomic E-state index is 12.4. The van der Waals surface area contributed by atoms with Crippen LogP contribution in [0.3, 0.4) is 0 Å². The van der Waals surface area contributed by atoms with Gasteiger partial charge in [0, 0.05) is 24.2 Å². The highest BCUT2D eigenvalue weighted by Gasteiger charge is 2.05. The predicted molar refractivity (Wildman–Crippen MR) is 123 cm³/mol. The van der Waals surface area contributed by atoms with Crippen LogP contribution >= 0.6 is 0 Å². The van der Waals surface area contributed by atoms with Crippen LogP contribution in [0.15, 0.2) is 103 Å². The van der Waals surface area contributed by atoms with E-state index >= 15 is 0 Å². The van der Waals surface area contributed by atoms with Crippen molar-refractivity contribution in [1.29, 1.82) is 0 Å². The third-order valence-corrected chi connectivity index (χ3v) is 4.72. The highest BCUT2D eigenvalue weighted by molar-refractivity contribution is 6.02. The molecule has 0 spiro atoms. The smallest absolute Gasteiger partial charge is 0.248 e. The van der Waals surface area contributed by atoms with Crippen molar-refractivity contribution in [1.82, 2.24) is 9.78 Å². The Morgan fingerprint density at radius 1 is 0.935 bits per heavy atom. The van der Waals surface area contributed by atoms with Crippen LogP contribution in [0.2, 0.25) is 0 Å². The Hall–Kier alpha value is -4.12. The van der Waals surface area contributed by atoms with Crippen molar-refractivity contribution in [2.24, 2.45) is 0 Å². The van der Waals surface area contributed by atoms with Gasteiger partial charge in [-0.15, -0.1) is 0 Å². The number of para-hydroxylation sites is 1. The lowest BCUT2D eigenvalue weighted by Gasteiger charge is -2.10. The Balaban J connectivity index is 1.33. The van der Waals surface area contributed by atoms with Crippen molar-refractivity contribution in [2.75, 3.05) is 5.32 Å². The topological polar surface area (TPSA) is 56.1 Å². The number of benzene rings is 3. The Labute approximate surface area is 181 Å². The molecular weight excluding hydrogens is 386 g/mol. The summed E-state index contributed by atoms with van der Waals surface area (Å²) in [6.45, 7) is 1.12. The molecule has 5 nitrogen and oxygen atoms in total. The van der Waals surface area contributed by atoms with Crippen LogP contribution in [0, 0.1) is 0 Å². The Kier molecular flexibility index (Phi) is 6.55. The largest absolute Gasteiger partial charge is 0.489 e. The molecule has 0 aliphatic carbocycles. The molecule has 1 N–H and O–H groups in total. The number of ether oxygens (including phenoxy) is 1. The number of anilines is 1. The van der Waals surface area contributed by atoms with E-state index in [0.29, 0.717) is 13.2 Å². The monoisotopic (exact) mass is 409 g/mol. The molecule has 0 radical (unpaired) electrons. The molecule has 4 aromatic rings. The van der Waals surface area contributed by atoms with Gasteiger partial charge in [-0.25, -0.2) is 0 Å². The van der Waals surface area contributed by atoms with Crippen molar-refractivity contribution >= 4 is 17.7 Å². The summed E-state index contributed by atoms with van der Waals surface area (Å²) in [6, 6.07) is 27.3. The zero-order chi connectivity index (χ0) is 21.3. The van der Waals surface area contributed by atoms with Gasteiger partial charge in [-0.05, 0) is 47.0 Å². The molecule has 5 heteroatoms. The van der Waals surface area contributed by atoms with Gasteiger partial charge in [0.1, 0.15) is 12.4 Å². The number of hydrogen-bond donors (Lipinski definition) is 1. The number of rotatable bonds is 8. The number of aromatic nitrogens is 2. The first kappa shape index (κ1) is 20.2. The quantitative estimate of drug-likeness (QED) is 0.409. The normalized spacial score (nSPS) is 10.8. The SMILES string of the molecule is O=C(/C=C/c1ccc(OCc2ccccc2)cc1)Nc1ccccc1Cn1cccn1. The van der Waals surface area contributed by atoms with Crippen molar-refractivity contribution in [3.63, 3.8) is 0 Å². The van der Waals surface area contributed by atoms with E-state index in [9.17, 15) is 4.79 Å². The number of nitrogens with one attached hydrogen (secondary N) is 1. The van der Waals surface area contributed by atoms with Crippen LogP contribution in [0.4, 0.5) is 5.69 Å². The van der Waals surface area contributed by atoms with Gasteiger partial charge in [0.15, 0.2) is 0 Å². The fraction of sp³-hybridized carbons (Fsp3) is 0.0769. The second kappa shape index (κ2) is 10.1. The van der Waals surface area contributed by atoms with Gasteiger partial charge >= 0.3 is 0 Å². The molecule has 0 saturated heterocycles. The summed E-state index contributed by atoms with van der Waals surface area (Å²) >= 11 is 0. The summed E-state index contributed by atoms with van der Waals surface area (Å²) in [7, 11) is 0. The molecular formula is C26H23N3O2. The molecule has 0 fully saturated rings. The molecule has 0 atom stereocenters. The standard InChI is InChI=1S/C26H23N3O2/c30-26(28-25-10-5-4-9-23(25)19-29-18-6-17-27-29)16-13-21-11-14-24(15-12-21)31-20-22-7-2-1-3-8-22/h1-18H,19-20H2,(H,28,30)/b16-13+. The summed E-state index contributed by atoms with van der Waals surface area (Å²) < 4.78 is 7.62. The minimum absolute atomic E-state index is 0.183. The van der Waals surface area contributed by atoms with E-state index in [1.165, 1.54) is 6.08 Å². The Morgan fingerprint density at radius 3 is 2.48 bits per heavy atom. The van der Waals surface area contributed by atoms with Gasteiger partial charge in [0.2, 0.25) is 5.91 Å². The first-order valence-corrected chi connectivity index (χ1v) is 10.1. The second-order valence-electron chi connectivity index (χ2n) is 7.03. The Morgan fingerprint density at radius 2 is 1.71 bits per heavy atom. The highest BCUT2D eigenvalue weighted by Crippen LogP contribution is 2.17. The number of carbonyl (C=O) groups is 1. The molecule has 0 unspecified atom stereocenters. The predicted octanol–water partition coefficient (Wildman–Crippen LogP) is 5.16. The second-order valence-corrected chi connectivity index (χ2v) is 7.03. The summed E-state index contributed by atoms with van der Waals surface area (Å²) in [6.07, 6.45) is 6.95. The molecule has 0 saturated carbocycles. The zero-order valence-electron chi connectivity index (χ0n) is 17.0. The van der Waals surface area contributed by atoms with E-state index in [1.807, 2.05) is 95.8 Å². The van der Waals surface area contributed by atoms with Crippen LogP contribution in [-0.2, 0) is 17.9 Å². The summed E-state index contributed by atoms with van der Waals surface area (Å²) in [5.41, 5.74) is 3.81. The van der Waals surface area contributed by atoms with Gasteiger partial charge in [0.05, 0.1) is 6.54 Å². The third kappa shape index (κ3) is 5.93. The fourth-order valence-electron chi connectivity index (χ4n) is 3.11. The van der Waals surface area contributed by atoms with Crippen molar-refractivity contribution in [3.8, 4) is 5.75 Å². The number of amides is 1. The van der Waals surface area contributed by atoms with Gasteiger partial charge < -0.3 is 10.1 Å². The lowest BCUT2D eigenvalue weighted by Crippen LogP contribution is -2.11. The van der Waals surface area contributed by atoms with Crippen LogP contribution in [0.1, 0.15) is 16.7 Å². The summed E-state index contributed by atoms with van der Waals surface area (Å²) in [5.74, 6) is 0.607. The van der Waals surface area contributed by atoms with Gasteiger partial charge in [-0.2, -0.15) is 5.10 Å². The van der Waals surface area contributed by atoms with E-state index in [0.717, 1.165) is 28.1 Å². The van der Waals surface area contributed by atoms with Crippen LogP contribution in [-0.4, -0.2) is 15.7 Å². The molecule has 31 heavy (non-hydrogen) atoms. The molecule has 3 aromatic carbocycles. The molecule has 154 valence electrons. The van der Waals surface area contributed by atoms with Gasteiger partial charge in [-0.1, -0.05) is 60.7 Å². The molecule has 0 aliphatic heterocycles. The molecule has 1 heterocycles. The average Bonchev–Trinajstić information content (AvgIpc) is 3.32. The minimum atomic E-state index is -0.183. The lowest BCUT2D eigenvalue weighted by molar-refractivity contribution is -0.111. The molecule has 4 rings (SSSR count). The van der Waals surface area contributed by atoms with Gasteiger partial charge in [-0.3, -0.25) is 9.48 Å². The van der Waals surface area contributed by atoms with E-state index in [1.54, 1.807) is 12.3 Å². The number of carbonyl (C=O) groups excluding carboxylic acids is 1. The van der Waals surface area contributed by atoms with Crippen LogP contribution in [0.25, 0.3) is 6.08 Å². The van der Waals surface area contributed by atoms with Crippen LogP contribution < -0.4 is 10.1 Å². The molecule has 1 amide bonds. The van der Waals surface area contributed by atoms with E-state index in [-0.39, 0.29) is 5.91 Å². The molecule has 1 aromatic heterocycles. The molecule has 0 bridgehead atoms. The van der Waals surface area contributed by atoms with E-state index in [4.69, 9.17) is 4.74 Å². The van der Waals surface area contributed by atoms with Crippen molar-refractivity contribution in [3.05, 3.63) is 120 Å². The van der Waals surface area contributed by atoms with Crippen molar-refractivity contribution < 1.29 is 9.53 Å². The number of nitrogens with zero attached hydrogens (tertiary/aromatic N) is 2. The molecule has 0 aliphatic rings. The summed E-state index contributed by atoms with van der Waals surface area (Å²) in [4.78, 5) is 12.4. The third-order valence-electron chi connectivity index (χ3n) is 4.72. The van der Waals surface area contributed by atoms with E-state index < -0.39 is 0 Å². The van der Waals surface area contributed by atoms with Gasteiger partial charge in [0.25, 0.3) is 0 Å². The maximum Gasteiger partial charge on any atom is 0.248 e. The lowest BCUT2D eigenvalue weighted by atomic mass is 10.1.